The first-order chi connectivity index (χ1) is 10.7. The minimum absolute atomic E-state index is 0.0247. The SMILES string of the molecule is CC(C)(C)OC(=O)N1CC[C@@H](CC(=O)Nc2ccc(Br)cc2)C1. The molecule has 1 N–H and O–H groups in total. The van der Waals surface area contributed by atoms with Gasteiger partial charge >= 0.3 is 6.09 Å². The lowest BCUT2D eigenvalue weighted by Crippen LogP contribution is -2.35. The number of ether oxygens (including phenoxy) is 1. The van der Waals surface area contributed by atoms with E-state index in [1.165, 1.54) is 0 Å². The molecule has 0 saturated carbocycles. The minimum atomic E-state index is -0.492. The fourth-order valence-corrected chi connectivity index (χ4v) is 2.76. The smallest absolute Gasteiger partial charge is 0.410 e. The molecule has 23 heavy (non-hydrogen) atoms. The Morgan fingerprint density at radius 2 is 1.96 bits per heavy atom. The van der Waals surface area contributed by atoms with Crippen molar-refractivity contribution in [1.29, 1.82) is 0 Å². The first-order valence-electron chi connectivity index (χ1n) is 7.76. The van der Waals surface area contributed by atoms with Crippen LogP contribution < -0.4 is 5.32 Å². The van der Waals surface area contributed by atoms with Crippen molar-refractivity contribution < 1.29 is 14.3 Å². The number of hydrogen-bond donors (Lipinski definition) is 1. The van der Waals surface area contributed by atoms with Gasteiger partial charge in [0.05, 0.1) is 0 Å². The van der Waals surface area contributed by atoms with Crippen molar-refractivity contribution in [2.24, 2.45) is 5.92 Å². The van der Waals surface area contributed by atoms with Gasteiger partial charge in [-0.25, -0.2) is 4.79 Å². The lowest BCUT2D eigenvalue weighted by molar-refractivity contribution is -0.117. The second kappa shape index (κ2) is 7.34. The van der Waals surface area contributed by atoms with Gasteiger partial charge in [0.15, 0.2) is 0 Å². The number of likely N-dealkylation sites (tertiary alicyclic amines) is 1. The summed E-state index contributed by atoms with van der Waals surface area (Å²) in [5, 5.41) is 2.88. The average Bonchev–Trinajstić information content (AvgIpc) is 2.88. The van der Waals surface area contributed by atoms with Gasteiger partial charge in [-0.3, -0.25) is 4.79 Å². The van der Waals surface area contributed by atoms with Crippen LogP contribution in [0.25, 0.3) is 0 Å². The standard InChI is InChI=1S/C17H23BrN2O3/c1-17(2,3)23-16(22)20-9-8-12(11-20)10-15(21)19-14-6-4-13(18)5-7-14/h4-7,12H,8-11H2,1-3H3,(H,19,21)/t12-/m0/s1. The predicted molar refractivity (Wildman–Crippen MR) is 93.3 cm³/mol. The number of anilines is 1. The van der Waals surface area contributed by atoms with Gasteiger partial charge < -0.3 is 15.0 Å². The lowest BCUT2D eigenvalue weighted by atomic mass is 10.0. The van der Waals surface area contributed by atoms with Crippen molar-refractivity contribution in [2.75, 3.05) is 18.4 Å². The normalized spacial score (nSPS) is 17.9. The molecule has 126 valence electrons. The molecule has 1 fully saturated rings. The fourth-order valence-electron chi connectivity index (χ4n) is 2.50. The first kappa shape index (κ1) is 17.8. The van der Waals surface area contributed by atoms with Crippen molar-refractivity contribution in [3.05, 3.63) is 28.7 Å². The highest BCUT2D eigenvalue weighted by Crippen LogP contribution is 2.23. The molecular weight excluding hydrogens is 360 g/mol. The van der Waals surface area contributed by atoms with Gasteiger partial charge in [-0.15, -0.1) is 0 Å². The van der Waals surface area contributed by atoms with Crippen molar-refractivity contribution in [3.63, 3.8) is 0 Å². The Morgan fingerprint density at radius 1 is 1.30 bits per heavy atom. The number of rotatable bonds is 3. The quantitative estimate of drug-likeness (QED) is 0.857. The summed E-state index contributed by atoms with van der Waals surface area (Å²) < 4.78 is 6.34. The van der Waals surface area contributed by atoms with Crippen molar-refractivity contribution in [3.8, 4) is 0 Å². The molecule has 0 unspecified atom stereocenters. The zero-order valence-corrected chi connectivity index (χ0v) is 15.4. The molecule has 0 aliphatic carbocycles. The number of benzene rings is 1. The first-order valence-corrected chi connectivity index (χ1v) is 8.55. The van der Waals surface area contributed by atoms with Crippen molar-refractivity contribution in [1.82, 2.24) is 4.90 Å². The molecule has 1 aromatic rings. The van der Waals surface area contributed by atoms with Crippen molar-refractivity contribution in [2.45, 2.75) is 39.2 Å². The van der Waals surface area contributed by atoms with E-state index in [0.717, 1.165) is 16.6 Å². The van der Waals surface area contributed by atoms with Crippen LogP contribution in [0.3, 0.4) is 0 Å². The van der Waals surface area contributed by atoms with Crippen LogP contribution in [0.15, 0.2) is 28.7 Å². The summed E-state index contributed by atoms with van der Waals surface area (Å²) in [6, 6.07) is 7.47. The van der Waals surface area contributed by atoms with E-state index in [1.54, 1.807) is 4.90 Å². The van der Waals surface area contributed by atoms with Crippen LogP contribution in [0.1, 0.15) is 33.6 Å². The minimum Gasteiger partial charge on any atom is -0.444 e. The lowest BCUT2D eigenvalue weighted by Gasteiger charge is -2.24. The van der Waals surface area contributed by atoms with Gasteiger partial charge in [0, 0.05) is 29.7 Å². The maximum Gasteiger partial charge on any atom is 0.410 e. The second-order valence-corrected chi connectivity index (χ2v) is 7.76. The molecule has 0 spiro atoms. The molecule has 0 bridgehead atoms. The van der Waals surface area contributed by atoms with Gasteiger partial charge in [0.25, 0.3) is 0 Å². The highest BCUT2D eigenvalue weighted by molar-refractivity contribution is 9.10. The van der Waals surface area contributed by atoms with E-state index in [2.05, 4.69) is 21.2 Å². The van der Waals surface area contributed by atoms with E-state index in [4.69, 9.17) is 4.74 Å². The number of carbonyl (C=O) groups excluding carboxylic acids is 2. The van der Waals surface area contributed by atoms with Gasteiger partial charge in [0.1, 0.15) is 5.60 Å². The Bertz CT molecular complexity index is 566. The third kappa shape index (κ3) is 5.86. The molecule has 1 atom stereocenters. The summed E-state index contributed by atoms with van der Waals surface area (Å²) in [4.78, 5) is 25.8. The average molecular weight is 383 g/mol. The van der Waals surface area contributed by atoms with E-state index in [0.29, 0.717) is 19.5 Å². The molecule has 6 heteroatoms. The summed E-state index contributed by atoms with van der Waals surface area (Å²) >= 11 is 3.36. The number of nitrogens with one attached hydrogen (secondary N) is 1. The van der Waals surface area contributed by atoms with E-state index in [9.17, 15) is 9.59 Å². The maximum absolute atomic E-state index is 12.1. The van der Waals surface area contributed by atoms with Gasteiger partial charge in [-0.05, 0) is 57.4 Å². The summed E-state index contributed by atoms with van der Waals surface area (Å²) in [6.07, 6.45) is 0.941. The summed E-state index contributed by atoms with van der Waals surface area (Å²) in [5.41, 5.74) is 0.286. The van der Waals surface area contributed by atoms with E-state index >= 15 is 0 Å². The number of nitrogens with zero attached hydrogens (tertiary/aromatic N) is 1. The molecule has 1 aliphatic rings. The Balaban J connectivity index is 1.79. The monoisotopic (exact) mass is 382 g/mol. The molecule has 1 heterocycles. The van der Waals surface area contributed by atoms with E-state index < -0.39 is 5.60 Å². The van der Waals surface area contributed by atoms with Gasteiger partial charge in [-0.1, -0.05) is 15.9 Å². The highest BCUT2D eigenvalue weighted by Gasteiger charge is 2.30. The second-order valence-electron chi connectivity index (χ2n) is 6.84. The van der Waals surface area contributed by atoms with Crippen LogP contribution in [-0.4, -0.2) is 35.6 Å². The van der Waals surface area contributed by atoms with Gasteiger partial charge in [0.2, 0.25) is 5.91 Å². The molecule has 0 aromatic heterocycles. The largest absolute Gasteiger partial charge is 0.444 e. The van der Waals surface area contributed by atoms with Crippen LogP contribution in [0, 0.1) is 5.92 Å². The van der Waals surface area contributed by atoms with Crippen LogP contribution >= 0.6 is 15.9 Å². The third-order valence-corrected chi connectivity index (χ3v) is 4.07. The number of carbonyl (C=O) groups is 2. The maximum atomic E-state index is 12.1. The third-order valence-electron chi connectivity index (χ3n) is 3.54. The number of halogens is 1. The molecule has 1 aromatic carbocycles. The van der Waals surface area contributed by atoms with E-state index in [1.807, 2.05) is 45.0 Å². The molecule has 2 rings (SSSR count). The van der Waals surface area contributed by atoms with Crippen LogP contribution in [0.4, 0.5) is 10.5 Å². The zero-order chi connectivity index (χ0) is 17.0. The van der Waals surface area contributed by atoms with Crippen LogP contribution in [0.5, 0.6) is 0 Å². The summed E-state index contributed by atoms with van der Waals surface area (Å²) in [5.74, 6) is 0.154. The van der Waals surface area contributed by atoms with Crippen LogP contribution in [-0.2, 0) is 9.53 Å². The number of amides is 2. The molecule has 5 nitrogen and oxygen atoms in total. The molecule has 2 amide bonds. The topological polar surface area (TPSA) is 58.6 Å². The van der Waals surface area contributed by atoms with Crippen molar-refractivity contribution >= 4 is 33.6 Å². The molecule has 0 radical (unpaired) electrons. The van der Waals surface area contributed by atoms with E-state index in [-0.39, 0.29) is 17.9 Å². The Kier molecular flexibility index (Phi) is 5.68. The fraction of sp³-hybridized carbons (Fsp3) is 0.529. The Hall–Kier alpha value is -1.56. The number of hydrogen-bond acceptors (Lipinski definition) is 3. The summed E-state index contributed by atoms with van der Waals surface area (Å²) in [6.45, 7) is 6.77. The molecule has 1 aliphatic heterocycles. The summed E-state index contributed by atoms with van der Waals surface area (Å²) in [7, 11) is 0. The predicted octanol–water partition coefficient (Wildman–Crippen LogP) is 4.03. The Labute approximate surface area is 145 Å². The van der Waals surface area contributed by atoms with Gasteiger partial charge in [-0.2, -0.15) is 0 Å². The molecular formula is C17H23BrN2O3. The molecule has 1 saturated heterocycles. The van der Waals surface area contributed by atoms with Crippen LogP contribution in [0.2, 0.25) is 0 Å². The Morgan fingerprint density at radius 3 is 2.57 bits per heavy atom. The highest BCUT2D eigenvalue weighted by atomic mass is 79.9. The zero-order valence-electron chi connectivity index (χ0n) is 13.8.